The molecular formula is C13H10F6O4S. The van der Waals surface area contributed by atoms with E-state index in [-0.39, 0.29) is 12.3 Å². The fourth-order valence-corrected chi connectivity index (χ4v) is 1.66. The zero-order valence-electron chi connectivity index (χ0n) is 11.5. The topological polar surface area (TPSA) is 80.9 Å². The van der Waals surface area contributed by atoms with Crippen molar-refractivity contribution in [3.8, 4) is 0 Å². The summed E-state index contributed by atoms with van der Waals surface area (Å²) in [6, 6.07) is 1.60. The van der Waals surface area contributed by atoms with Gasteiger partial charge >= 0.3 is 0 Å². The lowest BCUT2D eigenvalue weighted by Gasteiger charge is -2.08. The van der Waals surface area contributed by atoms with Crippen LogP contribution in [0.4, 0.5) is 26.3 Å². The fourth-order valence-electron chi connectivity index (χ4n) is 1.66. The van der Waals surface area contributed by atoms with Crippen LogP contribution < -0.4 is 0 Å². The van der Waals surface area contributed by atoms with Crippen molar-refractivity contribution in [2.45, 2.75) is 6.42 Å². The summed E-state index contributed by atoms with van der Waals surface area (Å²) in [4.78, 5) is 0. The minimum absolute atomic E-state index is 0.250. The molecule has 2 aromatic carbocycles. The molecule has 0 aliphatic rings. The molecule has 0 unspecified atom stereocenters. The van der Waals surface area contributed by atoms with Crippen molar-refractivity contribution in [1.82, 2.24) is 0 Å². The zero-order chi connectivity index (χ0) is 18.9. The van der Waals surface area contributed by atoms with Crippen LogP contribution in [0.15, 0.2) is 24.3 Å². The van der Waals surface area contributed by atoms with Gasteiger partial charge in [-0.3, -0.25) is 10.5 Å². The average Bonchev–Trinajstić information content (AvgIpc) is 2.47. The molecular weight excluding hydrogens is 366 g/mol. The minimum Gasteiger partial charge on any atom is -0.307 e. The second-order valence-electron chi connectivity index (χ2n) is 3.95. The second-order valence-corrected chi connectivity index (χ2v) is 4.12. The summed E-state index contributed by atoms with van der Waals surface area (Å²) < 4.78 is 92.8. The molecule has 4 N–H and O–H groups in total. The van der Waals surface area contributed by atoms with E-state index in [1.54, 1.807) is 0 Å². The van der Waals surface area contributed by atoms with Gasteiger partial charge in [-0.05, 0) is 0 Å². The predicted molar refractivity (Wildman–Crippen MR) is 73.5 cm³/mol. The summed E-state index contributed by atoms with van der Waals surface area (Å²) in [5, 5.41) is 12.0. The molecule has 0 radical (unpaired) electrons. The molecule has 134 valence electrons. The van der Waals surface area contributed by atoms with Crippen molar-refractivity contribution in [2.24, 2.45) is 0 Å². The summed E-state index contributed by atoms with van der Waals surface area (Å²) in [5.74, 6) is -7.33. The molecule has 0 atom stereocenters. The lowest BCUT2D eigenvalue weighted by molar-refractivity contribution is -0.176. The molecule has 0 aromatic heterocycles. The monoisotopic (exact) mass is 376 g/mol. The van der Waals surface area contributed by atoms with Crippen molar-refractivity contribution in [1.29, 1.82) is 0 Å². The van der Waals surface area contributed by atoms with E-state index in [0.29, 0.717) is 24.3 Å². The third-order valence-corrected chi connectivity index (χ3v) is 2.57. The van der Waals surface area contributed by atoms with Crippen LogP contribution in [-0.4, -0.2) is 19.6 Å². The summed E-state index contributed by atoms with van der Waals surface area (Å²) in [7, 11) is 0. The van der Waals surface area contributed by atoms with Crippen molar-refractivity contribution in [3.63, 3.8) is 0 Å². The lowest BCUT2D eigenvalue weighted by Crippen LogP contribution is -2.03. The SMILES string of the molecule is Fc1cc(F)c(Cc2c(F)cc(F)cc2F)c(F)c1.OO.OSO. The molecule has 0 bridgehead atoms. The van der Waals surface area contributed by atoms with Crippen LogP contribution in [0.3, 0.4) is 0 Å². The lowest BCUT2D eigenvalue weighted by atomic mass is 10.0. The quantitative estimate of drug-likeness (QED) is 0.262. The van der Waals surface area contributed by atoms with Crippen molar-refractivity contribution in [2.75, 3.05) is 0 Å². The van der Waals surface area contributed by atoms with Crippen molar-refractivity contribution < 1.29 is 46.0 Å². The Morgan fingerprint density at radius 3 is 1.04 bits per heavy atom. The van der Waals surface area contributed by atoms with Crippen LogP contribution in [0, 0.1) is 34.9 Å². The normalized spacial score (nSPS) is 9.58. The van der Waals surface area contributed by atoms with Gasteiger partial charge in [0.2, 0.25) is 0 Å². The molecule has 0 amide bonds. The summed E-state index contributed by atoms with van der Waals surface area (Å²) >= 11 is -0.250. The second kappa shape index (κ2) is 10.9. The van der Waals surface area contributed by atoms with Gasteiger partial charge in [-0.1, -0.05) is 0 Å². The Hall–Kier alpha value is -1.79. The number of hydrogen-bond acceptors (Lipinski definition) is 5. The fraction of sp³-hybridized carbons (Fsp3) is 0.0769. The van der Waals surface area contributed by atoms with E-state index in [2.05, 4.69) is 0 Å². The van der Waals surface area contributed by atoms with Crippen LogP contribution in [0.25, 0.3) is 0 Å². The number of halogens is 6. The molecule has 0 heterocycles. The Kier molecular flexibility index (Phi) is 10.1. The van der Waals surface area contributed by atoms with Gasteiger partial charge in [0.1, 0.15) is 34.9 Å². The molecule has 24 heavy (non-hydrogen) atoms. The molecule has 0 saturated carbocycles. The first-order valence-electron chi connectivity index (χ1n) is 5.72. The van der Waals surface area contributed by atoms with Gasteiger partial charge < -0.3 is 9.11 Å². The Morgan fingerprint density at radius 2 is 0.833 bits per heavy atom. The molecule has 4 nitrogen and oxygen atoms in total. The highest BCUT2D eigenvalue weighted by Crippen LogP contribution is 2.22. The summed E-state index contributed by atoms with van der Waals surface area (Å²) in [6.07, 6.45) is -0.782. The molecule has 0 saturated heterocycles. The maximum absolute atomic E-state index is 13.3. The van der Waals surface area contributed by atoms with E-state index in [0.717, 1.165) is 0 Å². The summed E-state index contributed by atoms with van der Waals surface area (Å²) in [5.41, 5.74) is -1.38. The van der Waals surface area contributed by atoms with E-state index >= 15 is 0 Å². The van der Waals surface area contributed by atoms with Crippen LogP contribution >= 0.6 is 12.3 Å². The van der Waals surface area contributed by atoms with E-state index in [1.807, 2.05) is 0 Å². The van der Waals surface area contributed by atoms with Gasteiger partial charge in [0.05, 0.1) is 0 Å². The maximum Gasteiger partial charge on any atom is 0.152 e. The Bertz CT molecular complexity index is 569. The standard InChI is InChI=1S/C13H6F6.H2O2S.H2O2/c14-6-1-10(16)8(11(17)2-6)5-9-12(18)3-7(15)4-13(9)19;1-3-2;1-2/h1-4H,5H2;1-2H;1-2H. The van der Waals surface area contributed by atoms with Gasteiger partial charge in [0.25, 0.3) is 0 Å². The minimum atomic E-state index is -1.26. The van der Waals surface area contributed by atoms with E-state index < -0.39 is 52.5 Å². The first-order chi connectivity index (χ1) is 11.3. The van der Waals surface area contributed by atoms with Gasteiger partial charge in [-0.2, -0.15) is 0 Å². The Morgan fingerprint density at radius 1 is 0.625 bits per heavy atom. The average molecular weight is 376 g/mol. The Balaban J connectivity index is 0.000000952. The van der Waals surface area contributed by atoms with Gasteiger partial charge in [-0.15, -0.1) is 0 Å². The highest BCUT2D eigenvalue weighted by Gasteiger charge is 2.18. The van der Waals surface area contributed by atoms with Crippen LogP contribution in [-0.2, 0) is 6.42 Å². The Labute approximate surface area is 136 Å². The van der Waals surface area contributed by atoms with E-state index in [4.69, 9.17) is 19.6 Å². The number of benzene rings is 2. The van der Waals surface area contributed by atoms with Gasteiger partial charge in [-0.25, -0.2) is 26.3 Å². The molecule has 0 spiro atoms. The maximum atomic E-state index is 13.3. The largest absolute Gasteiger partial charge is 0.307 e. The first-order valence-corrected chi connectivity index (χ1v) is 6.45. The van der Waals surface area contributed by atoms with Crippen molar-refractivity contribution >= 4 is 12.3 Å². The smallest absolute Gasteiger partial charge is 0.152 e. The highest BCUT2D eigenvalue weighted by atomic mass is 32.2. The number of rotatable bonds is 2. The molecule has 2 rings (SSSR count). The molecule has 2 aromatic rings. The third-order valence-electron chi connectivity index (χ3n) is 2.57. The zero-order valence-corrected chi connectivity index (χ0v) is 12.3. The molecule has 0 aliphatic carbocycles. The number of hydrogen-bond donors (Lipinski definition) is 4. The first kappa shape index (κ1) is 22.2. The van der Waals surface area contributed by atoms with Gasteiger partial charge in [0.15, 0.2) is 12.3 Å². The van der Waals surface area contributed by atoms with Crippen LogP contribution in [0.2, 0.25) is 0 Å². The van der Waals surface area contributed by atoms with Crippen LogP contribution in [0.1, 0.15) is 11.1 Å². The van der Waals surface area contributed by atoms with Gasteiger partial charge in [0, 0.05) is 41.8 Å². The van der Waals surface area contributed by atoms with Crippen LogP contribution in [0.5, 0.6) is 0 Å². The molecule has 0 aliphatic heterocycles. The van der Waals surface area contributed by atoms with E-state index in [1.165, 1.54) is 0 Å². The van der Waals surface area contributed by atoms with E-state index in [9.17, 15) is 26.3 Å². The predicted octanol–water partition coefficient (Wildman–Crippen LogP) is 4.80. The molecule has 0 fully saturated rings. The summed E-state index contributed by atoms with van der Waals surface area (Å²) in [6.45, 7) is 0. The molecule has 11 heteroatoms. The third kappa shape index (κ3) is 6.37. The van der Waals surface area contributed by atoms with Crippen molar-refractivity contribution in [3.05, 3.63) is 70.3 Å². The highest BCUT2D eigenvalue weighted by molar-refractivity contribution is 7.87.